The minimum absolute atomic E-state index is 0.0406. The van der Waals surface area contributed by atoms with Crippen LogP contribution in [0.3, 0.4) is 0 Å². The minimum atomic E-state index is -0.836. The van der Waals surface area contributed by atoms with Crippen LogP contribution in [0.25, 0.3) is 0 Å². The van der Waals surface area contributed by atoms with Gasteiger partial charge in [-0.1, -0.05) is 6.07 Å². The maximum Gasteiger partial charge on any atom is 0.304 e. The molecule has 0 saturated carbocycles. The van der Waals surface area contributed by atoms with Gasteiger partial charge in [-0.3, -0.25) is 4.79 Å². The van der Waals surface area contributed by atoms with E-state index in [0.29, 0.717) is 31.1 Å². The van der Waals surface area contributed by atoms with Crippen molar-refractivity contribution in [3.05, 3.63) is 23.8 Å². The number of hydrogen-bond donors (Lipinski definition) is 2. The summed E-state index contributed by atoms with van der Waals surface area (Å²) in [4.78, 5) is 11.0. The Bertz CT molecular complexity index is 450. The van der Waals surface area contributed by atoms with E-state index < -0.39 is 5.97 Å². The molecular weight excluding hydrogens is 274 g/mol. The zero-order valence-electron chi connectivity index (χ0n) is 12.7. The molecule has 0 spiro atoms. The molecule has 0 saturated heterocycles. The summed E-state index contributed by atoms with van der Waals surface area (Å²) in [6.07, 6.45) is 0.599. The summed E-state index contributed by atoms with van der Waals surface area (Å²) in [5, 5.41) is 12.2. The largest absolute Gasteiger partial charge is 0.497 e. The van der Waals surface area contributed by atoms with E-state index in [2.05, 4.69) is 5.32 Å². The van der Waals surface area contributed by atoms with Gasteiger partial charge in [-0.25, -0.2) is 0 Å². The van der Waals surface area contributed by atoms with Crippen LogP contribution < -0.4 is 14.8 Å². The monoisotopic (exact) mass is 297 g/mol. The molecule has 1 aromatic rings. The van der Waals surface area contributed by atoms with Gasteiger partial charge in [-0.2, -0.15) is 0 Å². The predicted molar refractivity (Wildman–Crippen MR) is 79.2 cm³/mol. The number of carbonyl (C=O) groups is 1. The number of carboxylic acids is 1. The quantitative estimate of drug-likeness (QED) is 0.634. The number of ether oxygens (including phenoxy) is 3. The molecule has 1 unspecified atom stereocenters. The van der Waals surface area contributed by atoms with Gasteiger partial charge in [0.05, 0.1) is 27.2 Å². The van der Waals surface area contributed by atoms with Gasteiger partial charge in [0, 0.05) is 25.8 Å². The Kier molecular flexibility index (Phi) is 7.56. The van der Waals surface area contributed by atoms with E-state index in [1.165, 1.54) is 0 Å². The third-order valence-corrected chi connectivity index (χ3v) is 3.12. The number of nitrogens with one attached hydrogen (secondary N) is 1. The molecule has 21 heavy (non-hydrogen) atoms. The Labute approximate surface area is 125 Å². The molecule has 0 aliphatic heterocycles. The Morgan fingerprint density at radius 1 is 1.29 bits per heavy atom. The number of aliphatic carboxylic acids is 1. The Morgan fingerprint density at radius 3 is 2.62 bits per heavy atom. The lowest BCUT2D eigenvalue weighted by Crippen LogP contribution is -2.35. The van der Waals surface area contributed by atoms with Crippen LogP contribution in [0.15, 0.2) is 18.2 Å². The Hall–Kier alpha value is -1.79. The van der Waals surface area contributed by atoms with Gasteiger partial charge < -0.3 is 24.6 Å². The lowest BCUT2D eigenvalue weighted by Gasteiger charge is -2.18. The van der Waals surface area contributed by atoms with Crippen LogP contribution in [0, 0.1) is 0 Å². The van der Waals surface area contributed by atoms with Crippen molar-refractivity contribution in [2.24, 2.45) is 0 Å². The third-order valence-electron chi connectivity index (χ3n) is 3.12. The van der Waals surface area contributed by atoms with Crippen LogP contribution in [-0.4, -0.2) is 51.6 Å². The predicted octanol–water partition coefficient (Wildman–Crippen LogP) is 1.33. The van der Waals surface area contributed by atoms with Gasteiger partial charge >= 0.3 is 5.97 Å². The van der Waals surface area contributed by atoms with Crippen molar-refractivity contribution in [2.45, 2.75) is 18.9 Å². The van der Waals surface area contributed by atoms with Gasteiger partial charge in [0.2, 0.25) is 0 Å². The topological polar surface area (TPSA) is 77.0 Å². The summed E-state index contributed by atoms with van der Waals surface area (Å²) < 4.78 is 15.5. The molecule has 2 N–H and O–H groups in total. The molecular formula is C15H23NO5. The number of methoxy groups -OCH3 is 3. The third kappa shape index (κ3) is 6.01. The average molecular weight is 297 g/mol. The molecule has 1 atom stereocenters. The first-order valence-electron chi connectivity index (χ1n) is 6.75. The summed E-state index contributed by atoms with van der Waals surface area (Å²) in [5.41, 5.74) is 0.939. The SMILES string of the molecule is COCCNC(CC(=O)O)Cc1ccc(OC)cc1OC. The second-order valence-electron chi connectivity index (χ2n) is 4.62. The molecule has 0 fully saturated rings. The fourth-order valence-corrected chi connectivity index (χ4v) is 2.08. The molecule has 0 aliphatic carbocycles. The van der Waals surface area contributed by atoms with Gasteiger partial charge in [-0.15, -0.1) is 0 Å². The highest BCUT2D eigenvalue weighted by Crippen LogP contribution is 2.26. The van der Waals surface area contributed by atoms with E-state index in [0.717, 1.165) is 5.56 Å². The van der Waals surface area contributed by atoms with E-state index >= 15 is 0 Å². The summed E-state index contributed by atoms with van der Waals surface area (Å²) in [5.74, 6) is 0.563. The van der Waals surface area contributed by atoms with Crippen LogP contribution in [0.5, 0.6) is 11.5 Å². The van der Waals surface area contributed by atoms with E-state index in [9.17, 15) is 4.79 Å². The minimum Gasteiger partial charge on any atom is -0.497 e. The van der Waals surface area contributed by atoms with Crippen LogP contribution in [0.4, 0.5) is 0 Å². The van der Waals surface area contributed by atoms with Gasteiger partial charge in [0.25, 0.3) is 0 Å². The molecule has 0 bridgehead atoms. The lowest BCUT2D eigenvalue weighted by atomic mass is 10.0. The fraction of sp³-hybridized carbons (Fsp3) is 0.533. The van der Waals surface area contributed by atoms with Crippen molar-refractivity contribution >= 4 is 5.97 Å². The summed E-state index contributed by atoms with van der Waals surface area (Å²) in [6, 6.07) is 5.34. The first-order valence-corrected chi connectivity index (χ1v) is 6.75. The van der Waals surface area contributed by atoms with E-state index in [1.54, 1.807) is 27.4 Å². The van der Waals surface area contributed by atoms with Crippen LogP contribution in [0.1, 0.15) is 12.0 Å². The van der Waals surface area contributed by atoms with Crippen LogP contribution in [0.2, 0.25) is 0 Å². The van der Waals surface area contributed by atoms with E-state index in [4.69, 9.17) is 19.3 Å². The molecule has 118 valence electrons. The smallest absolute Gasteiger partial charge is 0.304 e. The average Bonchev–Trinajstić information content (AvgIpc) is 2.47. The molecule has 0 amide bonds. The lowest BCUT2D eigenvalue weighted by molar-refractivity contribution is -0.137. The molecule has 0 aliphatic rings. The molecule has 6 heteroatoms. The number of benzene rings is 1. The van der Waals surface area contributed by atoms with Crippen LogP contribution in [-0.2, 0) is 16.0 Å². The first-order chi connectivity index (χ1) is 10.1. The Balaban J connectivity index is 2.78. The Morgan fingerprint density at radius 2 is 2.05 bits per heavy atom. The molecule has 1 rings (SSSR count). The summed E-state index contributed by atoms with van der Waals surface area (Å²) >= 11 is 0. The normalized spacial score (nSPS) is 12.0. The zero-order chi connectivity index (χ0) is 15.7. The van der Waals surface area contributed by atoms with Crippen molar-refractivity contribution in [3.8, 4) is 11.5 Å². The van der Waals surface area contributed by atoms with E-state index in [1.807, 2.05) is 12.1 Å². The van der Waals surface area contributed by atoms with Crippen molar-refractivity contribution in [1.82, 2.24) is 5.32 Å². The number of carboxylic acid groups (broad SMARTS) is 1. The first kappa shape index (κ1) is 17.3. The standard InChI is InChI=1S/C15H23NO5/c1-19-7-6-16-12(9-15(17)18)8-11-4-5-13(20-2)10-14(11)21-3/h4-5,10,12,16H,6-9H2,1-3H3,(H,17,18). The van der Waals surface area contributed by atoms with Gasteiger partial charge in [0.1, 0.15) is 11.5 Å². The van der Waals surface area contributed by atoms with Gasteiger partial charge in [-0.05, 0) is 18.1 Å². The second kappa shape index (κ2) is 9.20. The number of hydrogen-bond acceptors (Lipinski definition) is 5. The molecule has 0 radical (unpaired) electrons. The van der Waals surface area contributed by atoms with Crippen molar-refractivity contribution in [2.75, 3.05) is 34.5 Å². The zero-order valence-corrected chi connectivity index (χ0v) is 12.7. The second-order valence-corrected chi connectivity index (χ2v) is 4.62. The highest BCUT2D eigenvalue weighted by atomic mass is 16.5. The van der Waals surface area contributed by atoms with Gasteiger partial charge in [0.15, 0.2) is 0 Å². The maximum atomic E-state index is 11.0. The van der Waals surface area contributed by atoms with E-state index in [-0.39, 0.29) is 12.5 Å². The maximum absolute atomic E-state index is 11.0. The molecule has 0 heterocycles. The van der Waals surface area contributed by atoms with Crippen LogP contribution >= 0.6 is 0 Å². The summed E-state index contributed by atoms with van der Waals surface area (Å²) in [6.45, 7) is 1.14. The number of rotatable bonds is 10. The highest BCUT2D eigenvalue weighted by molar-refractivity contribution is 5.67. The van der Waals surface area contributed by atoms with Crippen molar-refractivity contribution in [3.63, 3.8) is 0 Å². The molecule has 6 nitrogen and oxygen atoms in total. The molecule has 1 aromatic carbocycles. The fourth-order valence-electron chi connectivity index (χ4n) is 2.08. The highest BCUT2D eigenvalue weighted by Gasteiger charge is 2.16. The summed E-state index contributed by atoms with van der Waals surface area (Å²) in [7, 11) is 4.79. The van der Waals surface area contributed by atoms with Crippen molar-refractivity contribution < 1.29 is 24.1 Å². The van der Waals surface area contributed by atoms with Crippen molar-refractivity contribution in [1.29, 1.82) is 0 Å². The molecule has 0 aromatic heterocycles.